The molecule has 0 unspecified atom stereocenters. The second-order valence-corrected chi connectivity index (χ2v) is 9.16. The zero-order chi connectivity index (χ0) is 22.1. The van der Waals surface area contributed by atoms with Crippen molar-refractivity contribution in [3.63, 3.8) is 0 Å². The van der Waals surface area contributed by atoms with Gasteiger partial charge in [0.1, 0.15) is 0 Å². The summed E-state index contributed by atoms with van der Waals surface area (Å²) in [5.41, 5.74) is 3.80. The molecule has 0 bridgehead atoms. The van der Waals surface area contributed by atoms with Crippen molar-refractivity contribution >= 4 is 68.7 Å². The molecule has 0 aliphatic carbocycles. The van der Waals surface area contributed by atoms with Crippen LogP contribution in [0.15, 0.2) is 88.9 Å². The summed E-state index contributed by atoms with van der Waals surface area (Å²) in [6, 6.07) is 23.2. The summed E-state index contributed by atoms with van der Waals surface area (Å²) < 4.78 is 2.13. The van der Waals surface area contributed by atoms with Gasteiger partial charge >= 0.3 is 0 Å². The molecule has 1 aromatic heterocycles. The molecule has 4 aromatic rings. The average molecular weight is 478 g/mol. The van der Waals surface area contributed by atoms with Gasteiger partial charge in [-0.1, -0.05) is 65.7 Å². The van der Waals surface area contributed by atoms with Gasteiger partial charge in [0.15, 0.2) is 5.17 Å². The van der Waals surface area contributed by atoms with Crippen LogP contribution < -0.4 is 5.32 Å². The minimum Gasteiger partial charge on any atom is -0.342 e. The smallest absolute Gasteiger partial charge is 0.264 e. The van der Waals surface area contributed by atoms with Crippen LogP contribution in [0.4, 0.5) is 5.69 Å². The van der Waals surface area contributed by atoms with E-state index in [0.717, 1.165) is 27.7 Å². The van der Waals surface area contributed by atoms with Gasteiger partial charge in [-0.05, 0) is 53.7 Å². The fourth-order valence-electron chi connectivity index (χ4n) is 3.60. The summed E-state index contributed by atoms with van der Waals surface area (Å²) in [7, 11) is 0. The van der Waals surface area contributed by atoms with Gasteiger partial charge in [0.2, 0.25) is 0 Å². The number of para-hydroxylation sites is 2. The second-order valence-electron chi connectivity index (χ2n) is 7.28. The molecular weight excluding hydrogens is 461 g/mol. The molecule has 0 atom stereocenters. The summed E-state index contributed by atoms with van der Waals surface area (Å²) >= 11 is 13.8. The number of aromatic nitrogens is 1. The zero-order valence-corrected chi connectivity index (χ0v) is 19.1. The van der Waals surface area contributed by atoms with Crippen LogP contribution in [-0.2, 0) is 11.3 Å². The lowest BCUT2D eigenvalue weighted by Crippen LogP contribution is -2.19. The molecule has 0 spiro atoms. The molecule has 5 rings (SSSR count). The number of benzene rings is 3. The van der Waals surface area contributed by atoms with Crippen molar-refractivity contribution in [3.05, 3.63) is 105 Å². The highest BCUT2D eigenvalue weighted by Gasteiger charge is 2.24. The summed E-state index contributed by atoms with van der Waals surface area (Å²) in [5, 5.41) is 5.72. The first-order chi connectivity index (χ1) is 15.6. The summed E-state index contributed by atoms with van der Waals surface area (Å²) in [5.74, 6) is -0.151. The van der Waals surface area contributed by atoms with Crippen LogP contribution >= 0.6 is 35.0 Å². The standard InChI is InChI=1S/C25H17Cl2N3OS/c26-18-11-10-16(21(27)13-18)14-30-15-17(20-8-4-5-9-22(20)30)12-23-24(31)29-25(32-23)28-19-6-2-1-3-7-19/h1-13,15H,14H2,(H,28,29,31). The third-order valence-corrected chi connectivity index (χ3v) is 6.60. The van der Waals surface area contributed by atoms with Crippen LogP contribution in [0.5, 0.6) is 0 Å². The third kappa shape index (κ3) is 4.32. The number of hydrogen-bond acceptors (Lipinski definition) is 3. The molecule has 0 saturated carbocycles. The summed E-state index contributed by atoms with van der Waals surface area (Å²) in [6.45, 7) is 0.597. The monoisotopic (exact) mass is 477 g/mol. The van der Waals surface area contributed by atoms with Gasteiger partial charge in [0.05, 0.1) is 10.6 Å². The molecule has 1 amide bonds. The van der Waals surface area contributed by atoms with Crippen molar-refractivity contribution in [1.29, 1.82) is 0 Å². The maximum Gasteiger partial charge on any atom is 0.264 e. The highest BCUT2D eigenvalue weighted by Crippen LogP contribution is 2.32. The fourth-order valence-corrected chi connectivity index (χ4v) is 4.90. The van der Waals surface area contributed by atoms with Gasteiger partial charge in [-0.15, -0.1) is 0 Å². The van der Waals surface area contributed by atoms with E-state index >= 15 is 0 Å². The molecule has 1 aliphatic rings. The molecule has 4 nitrogen and oxygen atoms in total. The molecule has 7 heteroatoms. The van der Waals surface area contributed by atoms with Crippen LogP contribution in [0.25, 0.3) is 17.0 Å². The van der Waals surface area contributed by atoms with E-state index in [1.54, 1.807) is 6.07 Å². The molecule has 1 aliphatic heterocycles. The van der Waals surface area contributed by atoms with Crippen LogP contribution in [0.2, 0.25) is 10.0 Å². The van der Waals surface area contributed by atoms with Gasteiger partial charge in [0, 0.05) is 39.3 Å². The van der Waals surface area contributed by atoms with E-state index in [9.17, 15) is 4.79 Å². The minimum atomic E-state index is -0.151. The number of carbonyl (C=O) groups excluding carboxylic acids is 1. The lowest BCUT2D eigenvalue weighted by Gasteiger charge is -2.08. The second kappa shape index (κ2) is 8.87. The van der Waals surface area contributed by atoms with Crippen molar-refractivity contribution in [2.45, 2.75) is 6.54 Å². The highest BCUT2D eigenvalue weighted by molar-refractivity contribution is 8.18. The first-order valence-corrected chi connectivity index (χ1v) is 11.5. The van der Waals surface area contributed by atoms with Crippen LogP contribution in [-0.4, -0.2) is 15.6 Å². The number of fused-ring (bicyclic) bond motifs is 1. The predicted octanol–water partition coefficient (Wildman–Crippen LogP) is 6.89. The summed E-state index contributed by atoms with van der Waals surface area (Å²) in [4.78, 5) is 17.7. The lowest BCUT2D eigenvalue weighted by molar-refractivity contribution is -0.115. The van der Waals surface area contributed by atoms with Crippen molar-refractivity contribution < 1.29 is 4.79 Å². The van der Waals surface area contributed by atoms with E-state index in [0.29, 0.717) is 26.7 Å². The Bertz CT molecular complexity index is 1390. The van der Waals surface area contributed by atoms with Gasteiger partial charge in [-0.2, -0.15) is 0 Å². The van der Waals surface area contributed by atoms with E-state index in [4.69, 9.17) is 23.2 Å². The Kier molecular flexibility index (Phi) is 5.79. The number of halogens is 2. The number of aliphatic imine (C=N–C) groups is 1. The van der Waals surface area contributed by atoms with Crippen LogP contribution in [0.3, 0.4) is 0 Å². The first-order valence-electron chi connectivity index (χ1n) is 9.93. The van der Waals surface area contributed by atoms with Gasteiger partial charge < -0.3 is 9.88 Å². The predicted molar refractivity (Wildman–Crippen MR) is 135 cm³/mol. The number of rotatable bonds is 4. The molecule has 2 heterocycles. The third-order valence-electron chi connectivity index (χ3n) is 5.10. The van der Waals surface area contributed by atoms with E-state index in [-0.39, 0.29) is 5.91 Å². The van der Waals surface area contributed by atoms with E-state index in [2.05, 4.69) is 27.0 Å². The van der Waals surface area contributed by atoms with Crippen molar-refractivity contribution in [2.75, 3.05) is 0 Å². The van der Waals surface area contributed by atoms with Crippen LogP contribution in [0, 0.1) is 0 Å². The number of nitrogens with zero attached hydrogens (tertiary/aromatic N) is 2. The average Bonchev–Trinajstić information content (AvgIpc) is 3.31. The highest BCUT2D eigenvalue weighted by atomic mass is 35.5. The molecule has 0 radical (unpaired) electrons. The number of amidine groups is 1. The molecule has 1 fully saturated rings. The topological polar surface area (TPSA) is 46.4 Å². The number of amides is 1. The van der Waals surface area contributed by atoms with E-state index in [1.165, 1.54) is 11.8 Å². The molecule has 3 aromatic carbocycles. The Morgan fingerprint density at radius 1 is 1.00 bits per heavy atom. The van der Waals surface area contributed by atoms with Gasteiger partial charge in [-0.3, -0.25) is 4.79 Å². The Labute approximate surface area is 199 Å². The lowest BCUT2D eigenvalue weighted by atomic mass is 10.1. The quantitative estimate of drug-likeness (QED) is 0.325. The fraction of sp³-hybridized carbons (Fsp3) is 0.0400. The maximum atomic E-state index is 12.6. The normalized spacial score (nSPS) is 16.2. The Hall–Kier alpha value is -2.99. The van der Waals surface area contributed by atoms with Crippen molar-refractivity contribution in [3.8, 4) is 0 Å². The number of thioether (sulfide) groups is 1. The Morgan fingerprint density at radius 3 is 2.59 bits per heavy atom. The number of carbonyl (C=O) groups is 1. The zero-order valence-electron chi connectivity index (χ0n) is 16.8. The van der Waals surface area contributed by atoms with Crippen molar-refractivity contribution in [2.24, 2.45) is 4.99 Å². The molecule has 158 valence electrons. The van der Waals surface area contributed by atoms with E-state index < -0.39 is 0 Å². The largest absolute Gasteiger partial charge is 0.342 e. The van der Waals surface area contributed by atoms with E-state index in [1.807, 2.05) is 66.9 Å². The minimum absolute atomic E-state index is 0.151. The number of hydrogen-bond donors (Lipinski definition) is 1. The molecule has 1 saturated heterocycles. The molecular formula is C25H17Cl2N3OS. The number of nitrogens with one attached hydrogen (secondary N) is 1. The summed E-state index contributed by atoms with van der Waals surface area (Å²) in [6.07, 6.45) is 3.96. The Morgan fingerprint density at radius 2 is 1.78 bits per heavy atom. The SMILES string of the molecule is O=C1NC(=Nc2ccccc2)SC1=Cc1cn(Cc2ccc(Cl)cc2Cl)c2ccccc12. The van der Waals surface area contributed by atoms with Crippen LogP contribution in [0.1, 0.15) is 11.1 Å². The Balaban J connectivity index is 1.49. The van der Waals surface area contributed by atoms with Gasteiger partial charge in [0.25, 0.3) is 5.91 Å². The molecule has 32 heavy (non-hydrogen) atoms. The van der Waals surface area contributed by atoms with Gasteiger partial charge in [-0.25, -0.2) is 4.99 Å². The first kappa shape index (κ1) is 20.9. The maximum absolute atomic E-state index is 12.6. The van der Waals surface area contributed by atoms with Crippen molar-refractivity contribution in [1.82, 2.24) is 9.88 Å². The molecule has 1 N–H and O–H groups in total.